The van der Waals surface area contributed by atoms with Gasteiger partial charge in [0, 0.05) is 7.11 Å². The van der Waals surface area contributed by atoms with Crippen molar-refractivity contribution in [2.45, 2.75) is 37.9 Å². The summed E-state index contributed by atoms with van der Waals surface area (Å²) in [6.45, 7) is -0.691. The Morgan fingerprint density at radius 2 is 1.45 bits per heavy atom. The highest BCUT2D eigenvalue weighted by Gasteiger charge is 2.48. The third kappa shape index (κ3) is 5.45. The number of rotatable bonds is 8. The molecule has 8 nitrogen and oxygen atoms in total. The normalized spacial score (nSPS) is 22.8. The maximum atomic E-state index is 14.7. The van der Waals surface area contributed by atoms with Gasteiger partial charge in [0.05, 0.1) is 24.3 Å². The molecule has 9 heteroatoms. The van der Waals surface area contributed by atoms with Crippen molar-refractivity contribution in [1.29, 1.82) is 0 Å². The monoisotopic (exact) mass is 434 g/mol. The largest absolute Gasteiger partial charge is 0.459 e. The van der Waals surface area contributed by atoms with E-state index in [1.165, 1.54) is 31.4 Å². The summed E-state index contributed by atoms with van der Waals surface area (Å²) >= 11 is 0. The number of aliphatic hydroxyl groups excluding tert-OH is 2. The molecule has 4 atom stereocenters. The Morgan fingerprint density at radius 1 is 0.935 bits per heavy atom. The van der Waals surface area contributed by atoms with E-state index in [-0.39, 0.29) is 30.9 Å². The minimum atomic E-state index is -1.78. The molecule has 1 saturated heterocycles. The molecule has 31 heavy (non-hydrogen) atoms. The Morgan fingerprint density at radius 3 is 1.94 bits per heavy atom. The Balaban J connectivity index is 1.65. The van der Waals surface area contributed by atoms with Crippen molar-refractivity contribution in [3.05, 3.63) is 70.8 Å². The van der Waals surface area contributed by atoms with Gasteiger partial charge in [0.25, 0.3) is 0 Å². The summed E-state index contributed by atoms with van der Waals surface area (Å²) < 4.78 is 35.6. The van der Waals surface area contributed by atoms with E-state index in [0.29, 0.717) is 11.1 Å². The lowest BCUT2D eigenvalue weighted by Gasteiger charge is -2.19. The van der Waals surface area contributed by atoms with E-state index in [4.69, 9.17) is 29.2 Å². The van der Waals surface area contributed by atoms with Crippen LogP contribution in [0, 0.1) is 0 Å². The van der Waals surface area contributed by atoms with Gasteiger partial charge in [-0.25, -0.2) is 14.0 Å². The minimum absolute atomic E-state index is 0.155. The molecule has 0 amide bonds. The lowest BCUT2D eigenvalue weighted by atomic mass is 10.1. The van der Waals surface area contributed by atoms with Gasteiger partial charge in [-0.1, -0.05) is 24.3 Å². The van der Waals surface area contributed by atoms with E-state index in [1.54, 1.807) is 24.3 Å². The first kappa shape index (κ1) is 22.8. The number of benzene rings is 2. The van der Waals surface area contributed by atoms with Crippen LogP contribution in [0.2, 0.25) is 0 Å². The minimum Gasteiger partial charge on any atom is -0.459 e. The molecule has 0 bridgehead atoms. The molecular formula is C22H23FO8. The first-order valence-electron chi connectivity index (χ1n) is 9.56. The zero-order valence-electron chi connectivity index (χ0n) is 16.8. The fraction of sp³-hybridized carbons (Fsp3) is 0.364. The summed E-state index contributed by atoms with van der Waals surface area (Å²) in [5, 5.41) is 18.2. The molecule has 1 fully saturated rings. The van der Waals surface area contributed by atoms with Crippen molar-refractivity contribution in [2.24, 2.45) is 0 Å². The summed E-state index contributed by atoms with van der Waals surface area (Å²) in [4.78, 5) is 24.7. The number of aliphatic hydroxyl groups is 2. The van der Waals surface area contributed by atoms with Crippen LogP contribution < -0.4 is 0 Å². The number of hydrogen-bond acceptors (Lipinski definition) is 8. The number of hydrogen-bond donors (Lipinski definition) is 2. The summed E-state index contributed by atoms with van der Waals surface area (Å²) in [7, 11) is 1.25. The summed E-state index contributed by atoms with van der Waals surface area (Å²) in [5.41, 5.74) is 1.66. The summed E-state index contributed by atoms with van der Waals surface area (Å²) in [5.74, 6) is -1.46. The van der Waals surface area contributed by atoms with Gasteiger partial charge in [-0.3, -0.25) is 0 Å². The molecular weight excluding hydrogens is 411 g/mol. The highest BCUT2D eigenvalue weighted by atomic mass is 19.1. The topological polar surface area (TPSA) is 112 Å². The van der Waals surface area contributed by atoms with Gasteiger partial charge in [-0.05, 0) is 35.4 Å². The van der Waals surface area contributed by atoms with Crippen LogP contribution in [0.25, 0.3) is 0 Å². The van der Waals surface area contributed by atoms with E-state index >= 15 is 0 Å². The third-order valence-electron chi connectivity index (χ3n) is 4.85. The maximum absolute atomic E-state index is 14.7. The quantitative estimate of drug-likeness (QED) is 0.605. The number of esters is 2. The van der Waals surface area contributed by atoms with Gasteiger partial charge < -0.3 is 29.2 Å². The van der Waals surface area contributed by atoms with Crippen LogP contribution in [0.1, 0.15) is 31.8 Å². The second-order valence-corrected chi connectivity index (χ2v) is 6.90. The molecule has 0 aromatic heterocycles. The summed E-state index contributed by atoms with van der Waals surface area (Å²) in [6, 6.07) is 12.1. The van der Waals surface area contributed by atoms with Crippen LogP contribution in [0.15, 0.2) is 48.5 Å². The molecule has 0 saturated carbocycles. The van der Waals surface area contributed by atoms with E-state index < -0.39 is 36.6 Å². The molecule has 166 valence electrons. The van der Waals surface area contributed by atoms with Crippen molar-refractivity contribution >= 4 is 11.9 Å². The molecule has 2 aromatic carbocycles. The van der Waals surface area contributed by atoms with Crippen molar-refractivity contribution in [1.82, 2.24) is 0 Å². The van der Waals surface area contributed by atoms with Gasteiger partial charge in [0.1, 0.15) is 12.7 Å². The van der Waals surface area contributed by atoms with Crippen molar-refractivity contribution in [3.63, 3.8) is 0 Å². The van der Waals surface area contributed by atoms with Crippen LogP contribution in [-0.2, 0) is 32.2 Å². The smallest absolute Gasteiger partial charge is 0.338 e. The first-order valence-corrected chi connectivity index (χ1v) is 9.56. The molecule has 2 unspecified atom stereocenters. The molecule has 0 aliphatic carbocycles. The molecule has 3 rings (SSSR count). The zero-order valence-corrected chi connectivity index (χ0v) is 16.8. The number of alkyl halides is 1. The fourth-order valence-corrected chi connectivity index (χ4v) is 3.07. The van der Waals surface area contributed by atoms with Crippen molar-refractivity contribution < 1.29 is 43.1 Å². The van der Waals surface area contributed by atoms with Crippen LogP contribution in [-0.4, -0.2) is 60.5 Å². The predicted octanol–water partition coefficient (Wildman–Crippen LogP) is 1.76. The Kier molecular flexibility index (Phi) is 7.69. The SMILES string of the molecule is COC1OC(COC(=O)c2ccc(CO)cc2)[C@@H](OC(=O)c2ccc(CO)cc2)[C@@H]1F. The zero-order chi connectivity index (χ0) is 22.4. The Labute approximate surface area is 178 Å². The number of halogens is 1. The predicted molar refractivity (Wildman–Crippen MR) is 105 cm³/mol. The highest BCUT2D eigenvalue weighted by molar-refractivity contribution is 5.90. The first-order chi connectivity index (χ1) is 15.0. The molecule has 0 spiro atoms. The number of ether oxygens (including phenoxy) is 4. The van der Waals surface area contributed by atoms with Crippen LogP contribution in [0.4, 0.5) is 4.39 Å². The highest BCUT2D eigenvalue weighted by Crippen LogP contribution is 2.28. The molecule has 2 aromatic rings. The summed E-state index contributed by atoms with van der Waals surface area (Å²) in [6.07, 6.45) is -5.47. The molecule has 2 N–H and O–H groups in total. The average Bonchev–Trinajstić information content (AvgIpc) is 3.11. The second kappa shape index (κ2) is 10.5. The third-order valence-corrected chi connectivity index (χ3v) is 4.85. The second-order valence-electron chi connectivity index (χ2n) is 6.90. The van der Waals surface area contributed by atoms with Gasteiger partial charge in [0.15, 0.2) is 18.6 Å². The average molecular weight is 434 g/mol. The van der Waals surface area contributed by atoms with E-state index in [1.807, 2.05) is 0 Å². The van der Waals surface area contributed by atoms with E-state index in [0.717, 1.165) is 0 Å². The van der Waals surface area contributed by atoms with E-state index in [2.05, 4.69) is 0 Å². The lowest BCUT2D eigenvalue weighted by molar-refractivity contribution is -0.142. The molecule has 1 aliphatic heterocycles. The Hall–Kier alpha value is -2.85. The van der Waals surface area contributed by atoms with Crippen LogP contribution >= 0.6 is 0 Å². The van der Waals surface area contributed by atoms with Crippen molar-refractivity contribution in [2.75, 3.05) is 13.7 Å². The molecule has 1 aliphatic rings. The van der Waals surface area contributed by atoms with Crippen LogP contribution in [0.5, 0.6) is 0 Å². The lowest BCUT2D eigenvalue weighted by Crippen LogP contribution is -2.37. The standard InChI is InChI=1S/C22H23FO8/c1-28-22-18(23)19(31-21(27)16-8-4-14(11-25)5-9-16)17(30-22)12-29-20(26)15-6-2-13(10-24)3-7-15/h2-9,17-19,22,24-25H,10-12H2,1H3/t17?,18-,19+,22?/m0/s1. The van der Waals surface area contributed by atoms with Gasteiger partial charge in [-0.2, -0.15) is 0 Å². The van der Waals surface area contributed by atoms with Crippen molar-refractivity contribution in [3.8, 4) is 0 Å². The van der Waals surface area contributed by atoms with Gasteiger partial charge in [-0.15, -0.1) is 0 Å². The number of carbonyl (C=O) groups is 2. The number of methoxy groups -OCH3 is 1. The molecule has 1 heterocycles. The van der Waals surface area contributed by atoms with Gasteiger partial charge >= 0.3 is 11.9 Å². The maximum Gasteiger partial charge on any atom is 0.338 e. The van der Waals surface area contributed by atoms with E-state index in [9.17, 15) is 14.0 Å². The van der Waals surface area contributed by atoms with Crippen LogP contribution in [0.3, 0.4) is 0 Å². The number of carbonyl (C=O) groups excluding carboxylic acids is 2. The van der Waals surface area contributed by atoms with Gasteiger partial charge in [0.2, 0.25) is 0 Å². The molecule has 0 radical (unpaired) electrons. The Bertz CT molecular complexity index is 883. The fourth-order valence-electron chi connectivity index (χ4n) is 3.07.